The van der Waals surface area contributed by atoms with Crippen LogP contribution in [-0.4, -0.2) is 37.7 Å². The highest BCUT2D eigenvalue weighted by molar-refractivity contribution is 5.61. The second kappa shape index (κ2) is 5.51. The Morgan fingerprint density at radius 2 is 2.32 bits per heavy atom. The predicted octanol–water partition coefficient (Wildman–Crippen LogP) is 2.51. The normalized spacial score (nSPS) is 27.1. The first-order valence-corrected chi connectivity index (χ1v) is 7.37. The minimum absolute atomic E-state index is 0.387. The quantitative estimate of drug-likeness (QED) is 0.904. The van der Waals surface area contributed by atoms with E-state index in [-0.39, 0.29) is 0 Å². The van der Waals surface area contributed by atoms with E-state index >= 15 is 0 Å². The van der Waals surface area contributed by atoms with Crippen LogP contribution in [0.4, 0.5) is 5.69 Å². The van der Waals surface area contributed by atoms with Gasteiger partial charge in [0.1, 0.15) is 0 Å². The molecule has 3 rings (SSSR count). The number of para-hydroxylation sites is 1. The monoisotopic (exact) mass is 260 g/mol. The molecule has 2 unspecified atom stereocenters. The molecule has 0 spiro atoms. The molecule has 19 heavy (non-hydrogen) atoms. The highest BCUT2D eigenvalue weighted by Crippen LogP contribution is 2.29. The van der Waals surface area contributed by atoms with E-state index in [0.717, 1.165) is 19.6 Å². The van der Waals surface area contributed by atoms with Crippen molar-refractivity contribution in [2.75, 3.05) is 32.1 Å². The molecule has 0 aliphatic carbocycles. The van der Waals surface area contributed by atoms with E-state index in [1.165, 1.54) is 36.2 Å². The van der Waals surface area contributed by atoms with Crippen LogP contribution in [0.1, 0.15) is 24.5 Å². The molecule has 2 heterocycles. The number of benzene rings is 1. The molecule has 1 aromatic carbocycles. The molecular weight excluding hydrogens is 236 g/mol. The summed E-state index contributed by atoms with van der Waals surface area (Å²) in [6.07, 6.45) is 2.79. The number of hydrogen-bond donors (Lipinski definition) is 1. The van der Waals surface area contributed by atoms with Gasteiger partial charge in [-0.2, -0.15) is 0 Å². The van der Waals surface area contributed by atoms with Gasteiger partial charge in [-0.1, -0.05) is 25.1 Å². The first kappa shape index (κ1) is 12.9. The molecule has 2 aliphatic rings. The van der Waals surface area contributed by atoms with Crippen molar-refractivity contribution in [2.24, 2.45) is 5.92 Å². The number of nitrogens with one attached hydrogen (secondary N) is 1. The second-order valence-electron chi connectivity index (χ2n) is 5.90. The Morgan fingerprint density at radius 3 is 3.16 bits per heavy atom. The van der Waals surface area contributed by atoms with Crippen molar-refractivity contribution in [3.05, 3.63) is 29.3 Å². The molecule has 3 nitrogen and oxygen atoms in total. The predicted molar refractivity (Wildman–Crippen MR) is 78.5 cm³/mol. The van der Waals surface area contributed by atoms with Crippen molar-refractivity contribution in [3.8, 4) is 0 Å². The van der Waals surface area contributed by atoms with Crippen molar-refractivity contribution >= 4 is 5.69 Å². The average molecular weight is 260 g/mol. The zero-order chi connectivity index (χ0) is 13.2. The molecule has 0 radical (unpaired) electrons. The number of hydrogen-bond acceptors (Lipinski definition) is 3. The van der Waals surface area contributed by atoms with Gasteiger partial charge in [0, 0.05) is 32.4 Å². The van der Waals surface area contributed by atoms with E-state index in [4.69, 9.17) is 4.74 Å². The summed E-state index contributed by atoms with van der Waals surface area (Å²) in [7, 11) is 1.84. The molecule has 1 aromatic rings. The highest BCUT2D eigenvalue weighted by atomic mass is 16.5. The summed E-state index contributed by atoms with van der Waals surface area (Å²) < 4.78 is 5.61. The number of rotatable bonds is 3. The third kappa shape index (κ3) is 2.63. The van der Waals surface area contributed by atoms with Gasteiger partial charge in [-0.05, 0) is 36.4 Å². The van der Waals surface area contributed by atoms with Gasteiger partial charge in [-0.25, -0.2) is 0 Å². The lowest BCUT2D eigenvalue weighted by molar-refractivity contribution is -0.00739. The summed E-state index contributed by atoms with van der Waals surface area (Å²) in [5, 5.41) is 3.53. The first-order chi connectivity index (χ1) is 9.28. The minimum atomic E-state index is 0.387. The van der Waals surface area contributed by atoms with Gasteiger partial charge in [0.05, 0.1) is 6.10 Å². The summed E-state index contributed by atoms with van der Waals surface area (Å²) in [6.45, 7) is 6.67. The zero-order valence-corrected chi connectivity index (χ0v) is 12.0. The van der Waals surface area contributed by atoms with E-state index in [1.807, 2.05) is 7.11 Å². The number of ether oxygens (including phenoxy) is 1. The molecule has 0 bridgehead atoms. The van der Waals surface area contributed by atoms with Crippen LogP contribution in [-0.2, 0) is 17.7 Å². The standard InChI is InChI=1S/C16H24N2O/c1-12-7-9-18(11-15(12)19-2)10-14-5-3-4-13-6-8-17-16(13)14/h3-5,12,15,17H,6-11H2,1-2H3. The van der Waals surface area contributed by atoms with E-state index in [0.29, 0.717) is 12.0 Å². The van der Waals surface area contributed by atoms with Crippen molar-refractivity contribution < 1.29 is 4.74 Å². The lowest BCUT2D eigenvalue weighted by Gasteiger charge is -2.36. The van der Waals surface area contributed by atoms with Gasteiger partial charge in [0.25, 0.3) is 0 Å². The van der Waals surface area contributed by atoms with Crippen LogP contribution >= 0.6 is 0 Å². The number of anilines is 1. The number of likely N-dealkylation sites (tertiary alicyclic amines) is 1. The molecule has 1 saturated heterocycles. The maximum atomic E-state index is 5.61. The van der Waals surface area contributed by atoms with Gasteiger partial charge < -0.3 is 10.1 Å². The van der Waals surface area contributed by atoms with E-state index in [9.17, 15) is 0 Å². The first-order valence-electron chi connectivity index (χ1n) is 7.37. The largest absolute Gasteiger partial charge is 0.384 e. The fourth-order valence-corrected chi connectivity index (χ4v) is 3.33. The van der Waals surface area contributed by atoms with Crippen LogP contribution in [0.5, 0.6) is 0 Å². The van der Waals surface area contributed by atoms with Gasteiger partial charge in [-0.15, -0.1) is 0 Å². The molecule has 1 N–H and O–H groups in total. The molecule has 0 aromatic heterocycles. The van der Waals surface area contributed by atoms with Gasteiger partial charge >= 0.3 is 0 Å². The average Bonchev–Trinajstić information content (AvgIpc) is 2.90. The summed E-state index contributed by atoms with van der Waals surface area (Å²) in [5.41, 5.74) is 4.31. The van der Waals surface area contributed by atoms with Crippen LogP contribution in [0, 0.1) is 5.92 Å². The molecule has 3 heteroatoms. The van der Waals surface area contributed by atoms with Crippen LogP contribution in [0.25, 0.3) is 0 Å². The van der Waals surface area contributed by atoms with Crippen LogP contribution in [0.2, 0.25) is 0 Å². The smallest absolute Gasteiger partial charge is 0.0724 e. The Labute approximate surface area is 115 Å². The lowest BCUT2D eigenvalue weighted by Crippen LogP contribution is -2.43. The minimum Gasteiger partial charge on any atom is -0.384 e. The van der Waals surface area contributed by atoms with E-state index < -0.39 is 0 Å². The maximum absolute atomic E-state index is 5.61. The fourth-order valence-electron chi connectivity index (χ4n) is 3.33. The number of piperidine rings is 1. The zero-order valence-electron chi connectivity index (χ0n) is 12.0. The third-order valence-electron chi connectivity index (χ3n) is 4.60. The van der Waals surface area contributed by atoms with Gasteiger partial charge in [-0.3, -0.25) is 4.90 Å². The van der Waals surface area contributed by atoms with Crippen LogP contribution in [0.3, 0.4) is 0 Å². The molecular formula is C16H24N2O. The van der Waals surface area contributed by atoms with E-state index in [2.05, 4.69) is 35.3 Å². The van der Waals surface area contributed by atoms with Crippen molar-refractivity contribution in [1.82, 2.24) is 4.90 Å². The summed E-state index contributed by atoms with van der Waals surface area (Å²) in [5.74, 6) is 0.681. The summed E-state index contributed by atoms with van der Waals surface area (Å²) >= 11 is 0. The van der Waals surface area contributed by atoms with E-state index in [1.54, 1.807) is 0 Å². The number of fused-ring (bicyclic) bond motifs is 1. The van der Waals surface area contributed by atoms with Crippen molar-refractivity contribution in [2.45, 2.75) is 32.4 Å². The van der Waals surface area contributed by atoms with Crippen LogP contribution < -0.4 is 5.32 Å². The Balaban J connectivity index is 1.70. The third-order valence-corrected chi connectivity index (χ3v) is 4.60. The molecule has 0 saturated carbocycles. The van der Waals surface area contributed by atoms with Gasteiger partial charge in [0.2, 0.25) is 0 Å². The second-order valence-corrected chi connectivity index (χ2v) is 5.90. The SMILES string of the molecule is COC1CN(Cc2cccc3c2NCC3)CCC1C. The Kier molecular flexibility index (Phi) is 3.76. The van der Waals surface area contributed by atoms with Crippen LogP contribution in [0.15, 0.2) is 18.2 Å². The Bertz CT molecular complexity index is 446. The molecule has 1 fully saturated rings. The van der Waals surface area contributed by atoms with Crippen molar-refractivity contribution in [3.63, 3.8) is 0 Å². The summed E-state index contributed by atoms with van der Waals surface area (Å²) in [4.78, 5) is 2.53. The number of nitrogens with zero attached hydrogens (tertiary/aromatic N) is 1. The van der Waals surface area contributed by atoms with Crippen molar-refractivity contribution in [1.29, 1.82) is 0 Å². The molecule has 2 aliphatic heterocycles. The fraction of sp³-hybridized carbons (Fsp3) is 0.625. The Morgan fingerprint density at radius 1 is 1.42 bits per heavy atom. The van der Waals surface area contributed by atoms with Gasteiger partial charge in [0.15, 0.2) is 0 Å². The molecule has 2 atom stereocenters. The Hall–Kier alpha value is -1.06. The number of methoxy groups -OCH3 is 1. The molecule has 104 valence electrons. The lowest BCUT2D eigenvalue weighted by atomic mass is 9.95. The highest BCUT2D eigenvalue weighted by Gasteiger charge is 2.26. The summed E-state index contributed by atoms with van der Waals surface area (Å²) in [6, 6.07) is 6.70. The molecule has 0 amide bonds. The topological polar surface area (TPSA) is 24.5 Å². The maximum Gasteiger partial charge on any atom is 0.0724 e.